The lowest BCUT2D eigenvalue weighted by Gasteiger charge is -2.21. The molecule has 0 fully saturated rings. The quantitative estimate of drug-likeness (QED) is 0.508. The minimum absolute atomic E-state index is 0.121. The molecule has 0 radical (unpaired) electrons. The second-order valence-electron chi connectivity index (χ2n) is 4.06. The Balaban J connectivity index is 2.88. The molecule has 0 saturated carbocycles. The van der Waals surface area contributed by atoms with E-state index in [2.05, 4.69) is 4.98 Å². The highest BCUT2D eigenvalue weighted by atomic mass is 35.5. The second kappa shape index (κ2) is 8.53. The van der Waals surface area contributed by atoms with Gasteiger partial charge in [0.1, 0.15) is 10.0 Å². The van der Waals surface area contributed by atoms with Crippen LogP contribution < -0.4 is 0 Å². The zero-order valence-corrected chi connectivity index (χ0v) is 13.2. The molecular formula is C12H19ClN2O4S. The van der Waals surface area contributed by atoms with E-state index in [9.17, 15) is 8.42 Å². The van der Waals surface area contributed by atoms with Crippen LogP contribution in [-0.4, -0.2) is 58.2 Å². The fraction of sp³-hybridized carbons (Fsp3) is 0.583. The Bertz CT molecular complexity index is 493. The Morgan fingerprint density at radius 3 is 2.45 bits per heavy atom. The summed E-state index contributed by atoms with van der Waals surface area (Å²) in [5.41, 5.74) is 0. The van der Waals surface area contributed by atoms with Crippen LogP contribution in [0.2, 0.25) is 5.15 Å². The molecule has 0 spiro atoms. The molecule has 0 amide bonds. The lowest BCUT2D eigenvalue weighted by atomic mass is 10.4. The van der Waals surface area contributed by atoms with Crippen LogP contribution >= 0.6 is 11.6 Å². The van der Waals surface area contributed by atoms with Gasteiger partial charge in [0.05, 0.1) is 6.61 Å². The number of methoxy groups -OCH3 is 2. The van der Waals surface area contributed by atoms with E-state index in [0.29, 0.717) is 26.2 Å². The molecule has 0 saturated heterocycles. The van der Waals surface area contributed by atoms with Crippen LogP contribution in [-0.2, 0) is 19.5 Å². The van der Waals surface area contributed by atoms with Gasteiger partial charge in [-0.1, -0.05) is 11.6 Å². The molecule has 0 aliphatic heterocycles. The average molecular weight is 323 g/mol. The van der Waals surface area contributed by atoms with Gasteiger partial charge in [-0.15, -0.1) is 0 Å². The zero-order valence-electron chi connectivity index (χ0n) is 11.6. The van der Waals surface area contributed by atoms with Gasteiger partial charge >= 0.3 is 0 Å². The summed E-state index contributed by atoms with van der Waals surface area (Å²) in [5, 5.41) is 0.256. The van der Waals surface area contributed by atoms with E-state index in [4.69, 9.17) is 21.1 Å². The highest BCUT2D eigenvalue weighted by molar-refractivity contribution is 7.89. The number of aromatic nitrogens is 1. The molecule has 0 unspecified atom stereocenters. The van der Waals surface area contributed by atoms with Gasteiger partial charge in [-0.2, -0.15) is 4.31 Å². The fourth-order valence-corrected chi connectivity index (χ4v) is 3.11. The Morgan fingerprint density at radius 1 is 1.20 bits per heavy atom. The molecule has 1 heterocycles. The van der Waals surface area contributed by atoms with Crippen molar-refractivity contribution in [2.45, 2.75) is 11.3 Å². The maximum Gasteiger partial charge on any atom is 0.244 e. The Kier molecular flexibility index (Phi) is 7.39. The Labute approximate surface area is 124 Å². The van der Waals surface area contributed by atoms with Crippen LogP contribution in [0.3, 0.4) is 0 Å². The highest BCUT2D eigenvalue weighted by Gasteiger charge is 2.24. The van der Waals surface area contributed by atoms with Gasteiger partial charge in [-0.3, -0.25) is 0 Å². The van der Waals surface area contributed by atoms with Crippen molar-refractivity contribution >= 4 is 21.6 Å². The van der Waals surface area contributed by atoms with Gasteiger partial charge in [-0.25, -0.2) is 13.4 Å². The standard InChI is InChI=1S/C12H19ClN2O4S/c1-18-8-3-6-15(7-9-19-2)20(16,17)11-4-5-12(13)14-10-11/h4-5,10H,3,6-9H2,1-2H3. The minimum Gasteiger partial charge on any atom is -0.385 e. The van der Waals surface area contributed by atoms with Crippen molar-refractivity contribution in [3.63, 3.8) is 0 Å². The third kappa shape index (κ3) is 4.99. The topological polar surface area (TPSA) is 68.7 Å². The SMILES string of the molecule is COCCCN(CCOC)S(=O)(=O)c1ccc(Cl)nc1. The number of hydrogen-bond donors (Lipinski definition) is 0. The minimum atomic E-state index is -3.59. The van der Waals surface area contributed by atoms with Gasteiger partial charge < -0.3 is 9.47 Å². The van der Waals surface area contributed by atoms with Crippen LogP contribution in [0.25, 0.3) is 0 Å². The summed E-state index contributed by atoms with van der Waals surface area (Å²) >= 11 is 5.67. The number of rotatable bonds is 9. The summed E-state index contributed by atoms with van der Waals surface area (Å²) in [4.78, 5) is 3.93. The highest BCUT2D eigenvalue weighted by Crippen LogP contribution is 2.16. The van der Waals surface area contributed by atoms with E-state index in [1.807, 2.05) is 0 Å². The molecule has 1 rings (SSSR count). The maximum atomic E-state index is 12.5. The van der Waals surface area contributed by atoms with Crippen LogP contribution in [0, 0.1) is 0 Å². The molecule has 0 bridgehead atoms. The summed E-state index contributed by atoms with van der Waals surface area (Å²) in [5.74, 6) is 0. The van der Waals surface area contributed by atoms with Crippen LogP contribution in [0.4, 0.5) is 0 Å². The monoisotopic (exact) mass is 322 g/mol. The molecule has 0 aliphatic rings. The van der Waals surface area contributed by atoms with E-state index in [-0.39, 0.29) is 16.6 Å². The summed E-state index contributed by atoms with van der Waals surface area (Å²) < 4.78 is 36.2. The van der Waals surface area contributed by atoms with Crippen molar-refractivity contribution in [3.8, 4) is 0 Å². The first-order valence-electron chi connectivity index (χ1n) is 6.12. The third-order valence-corrected chi connectivity index (χ3v) is 4.74. The van der Waals surface area contributed by atoms with Crippen molar-refractivity contribution in [1.82, 2.24) is 9.29 Å². The van der Waals surface area contributed by atoms with Crippen molar-refractivity contribution in [1.29, 1.82) is 0 Å². The number of ether oxygens (including phenoxy) is 2. The van der Waals surface area contributed by atoms with Crippen molar-refractivity contribution in [2.24, 2.45) is 0 Å². The summed E-state index contributed by atoms with van der Waals surface area (Å²) in [6, 6.07) is 2.90. The molecule has 0 atom stereocenters. The number of sulfonamides is 1. The Morgan fingerprint density at radius 2 is 1.90 bits per heavy atom. The normalized spacial score (nSPS) is 12.0. The number of pyridine rings is 1. The third-order valence-electron chi connectivity index (χ3n) is 2.64. The molecule has 1 aromatic heterocycles. The second-order valence-corrected chi connectivity index (χ2v) is 6.39. The average Bonchev–Trinajstić information content (AvgIpc) is 2.43. The number of nitrogens with zero attached hydrogens (tertiary/aromatic N) is 2. The lowest BCUT2D eigenvalue weighted by molar-refractivity contribution is 0.164. The Hall–Kier alpha value is -0.730. The van der Waals surface area contributed by atoms with Gasteiger partial charge in [0, 0.05) is 40.1 Å². The molecule has 0 N–H and O–H groups in total. The van der Waals surface area contributed by atoms with Gasteiger partial charge in [0.15, 0.2) is 0 Å². The molecular weight excluding hydrogens is 304 g/mol. The van der Waals surface area contributed by atoms with E-state index in [1.165, 1.54) is 29.7 Å². The van der Waals surface area contributed by atoms with E-state index in [1.54, 1.807) is 7.11 Å². The summed E-state index contributed by atoms with van der Waals surface area (Å²) in [6.07, 6.45) is 1.87. The van der Waals surface area contributed by atoms with Gasteiger partial charge in [0.2, 0.25) is 10.0 Å². The van der Waals surface area contributed by atoms with Gasteiger partial charge in [0.25, 0.3) is 0 Å². The van der Waals surface area contributed by atoms with Crippen molar-refractivity contribution in [3.05, 3.63) is 23.5 Å². The molecule has 0 aliphatic carbocycles. The summed E-state index contributed by atoms with van der Waals surface area (Å²) in [6.45, 7) is 1.47. The molecule has 20 heavy (non-hydrogen) atoms. The first kappa shape index (κ1) is 17.3. The smallest absolute Gasteiger partial charge is 0.244 e. The van der Waals surface area contributed by atoms with Gasteiger partial charge in [-0.05, 0) is 18.6 Å². The predicted octanol–water partition coefficient (Wildman–Crippen LogP) is 1.41. The van der Waals surface area contributed by atoms with Crippen LogP contribution in [0.15, 0.2) is 23.2 Å². The molecule has 6 nitrogen and oxygen atoms in total. The zero-order chi connectivity index (χ0) is 15.0. The molecule has 114 valence electrons. The number of hydrogen-bond acceptors (Lipinski definition) is 5. The van der Waals surface area contributed by atoms with Crippen molar-refractivity contribution in [2.75, 3.05) is 40.5 Å². The first-order valence-corrected chi connectivity index (χ1v) is 7.93. The lowest BCUT2D eigenvalue weighted by Crippen LogP contribution is -2.35. The van der Waals surface area contributed by atoms with E-state index >= 15 is 0 Å². The van der Waals surface area contributed by atoms with E-state index in [0.717, 1.165) is 0 Å². The summed E-state index contributed by atoms with van der Waals surface area (Å²) in [7, 11) is -0.482. The van der Waals surface area contributed by atoms with E-state index < -0.39 is 10.0 Å². The first-order chi connectivity index (χ1) is 9.52. The largest absolute Gasteiger partial charge is 0.385 e. The predicted molar refractivity (Wildman–Crippen MR) is 76.4 cm³/mol. The molecule has 8 heteroatoms. The fourth-order valence-electron chi connectivity index (χ4n) is 1.59. The maximum absolute atomic E-state index is 12.5. The molecule has 0 aromatic carbocycles. The molecule has 1 aromatic rings. The number of halogens is 1. The van der Waals surface area contributed by atoms with Crippen LogP contribution in [0.1, 0.15) is 6.42 Å². The van der Waals surface area contributed by atoms with Crippen molar-refractivity contribution < 1.29 is 17.9 Å². The van der Waals surface area contributed by atoms with Crippen LogP contribution in [0.5, 0.6) is 0 Å².